The molecule has 0 aromatic heterocycles. The molecule has 1 aliphatic heterocycles. The van der Waals surface area contributed by atoms with Crippen LogP contribution in [0.15, 0.2) is 36.1 Å². The van der Waals surface area contributed by atoms with E-state index < -0.39 is 0 Å². The Balaban J connectivity index is 0. The number of nitrogens with one attached hydrogen (secondary N) is 2. The summed E-state index contributed by atoms with van der Waals surface area (Å²) in [5.74, 6) is 0. The van der Waals surface area contributed by atoms with Crippen LogP contribution in [0.25, 0.3) is 0 Å². The van der Waals surface area contributed by atoms with E-state index in [0.29, 0.717) is 6.04 Å². The van der Waals surface area contributed by atoms with Crippen molar-refractivity contribution >= 4 is 0 Å². The van der Waals surface area contributed by atoms with Gasteiger partial charge >= 0.3 is 0 Å². The van der Waals surface area contributed by atoms with Crippen molar-refractivity contribution in [2.45, 2.75) is 33.7 Å². The molecule has 0 radical (unpaired) electrons. The zero-order chi connectivity index (χ0) is 10.3. The summed E-state index contributed by atoms with van der Waals surface area (Å²) in [6, 6.07) is 0.341. The summed E-state index contributed by atoms with van der Waals surface area (Å²) in [6.45, 7) is 11.8. The minimum absolute atomic E-state index is 0. The minimum Gasteiger partial charge on any atom is -0.328 e. The quantitative estimate of drug-likeness (QED) is 0.642. The molecule has 1 rings (SSSR count). The summed E-state index contributed by atoms with van der Waals surface area (Å²) in [4.78, 5) is 0. The van der Waals surface area contributed by atoms with Crippen LogP contribution < -0.4 is 10.9 Å². The van der Waals surface area contributed by atoms with Crippen LogP contribution in [0.3, 0.4) is 0 Å². The lowest BCUT2D eigenvalue weighted by Gasteiger charge is -2.11. The normalized spacial score (nSPS) is 21.1. The molecule has 0 spiro atoms. The molecule has 1 aliphatic rings. The third kappa shape index (κ3) is 3.47. The highest BCUT2D eigenvalue weighted by Crippen LogP contribution is 2.13. The highest BCUT2D eigenvalue weighted by molar-refractivity contribution is 5.27. The largest absolute Gasteiger partial charge is 0.328 e. The van der Waals surface area contributed by atoms with Crippen molar-refractivity contribution < 1.29 is 1.43 Å². The number of hydrogen-bond donors (Lipinski definition) is 2. The predicted octanol–water partition coefficient (Wildman–Crippen LogP) is 2.77. The van der Waals surface area contributed by atoms with Crippen LogP contribution in [0.2, 0.25) is 0 Å². The maximum Gasteiger partial charge on any atom is 0.0694 e. The second-order valence-electron chi connectivity index (χ2n) is 2.76. The summed E-state index contributed by atoms with van der Waals surface area (Å²) >= 11 is 0. The van der Waals surface area contributed by atoms with Gasteiger partial charge in [-0.15, -0.1) is 0 Å². The third-order valence-electron chi connectivity index (χ3n) is 1.82. The molecular weight excluding hydrogens is 160 g/mol. The van der Waals surface area contributed by atoms with E-state index >= 15 is 0 Å². The van der Waals surface area contributed by atoms with Crippen LogP contribution in [0.4, 0.5) is 0 Å². The van der Waals surface area contributed by atoms with Gasteiger partial charge in [0.2, 0.25) is 0 Å². The maximum absolute atomic E-state index is 3.65. The maximum atomic E-state index is 3.65. The number of hydrazine groups is 1. The predicted molar refractivity (Wildman–Crippen MR) is 61.2 cm³/mol. The molecule has 0 amide bonds. The first kappa shape index (κ1) is 12.0. The first-order valence-electron chi connectivity index (χ1n) is 4.72. The van der Waals surface area contributed by atoms with E-state index in [1.807, 2.05) is 32.2 Å². The average Bonchev–Trinajstić information content (AvgIpc) is 2.55. The molecule has 2 heteroatoms. The lowest BCUT2D eigenvalue weighted by molar-refractivity contribution is 0.626. The molecule has 13 heavy (non-hydrogen) atoms. The van der Waals surface area contributed by atoms with Gasteiger partial charge in [-0.05, 0) is 19.4 Å². The van der Waals surface area contributed by atoms with Crippen LogP contribution in [0.5, 0.6) is 0 Å². The summed E-state index contributed by atoms with van der Waals surface area (Å²) in [7, 11) is 0. The molecule has 2 nitrogen and oxygen atoms in total. The van der Waals surface area contributed by atoms with Crippen LogP contribution in [-0.4, -0.2) is 6.04 Å². The van der Waals surface area contributed by atoms with Gasteiger partial charge in [-0.2, -0.15) is 0 Å². The molecule has 0 aromatic rings. The van der Waals surface area contributed by atoms with Crippen LogP contribution in [0.1, 0.15) is 29.1 Å². The number of allylic oxidation sites excluding steroid dienone is 2. The van der Waals surface area contributed by atoms with Gasteiger partial charge in [0.1, 0.15) is 0 Å². The Bertz CT molecular complexity index is 219. The van der Waals surface area contributed by atoms with Gasteiger partial charge < -0.3 is 5.43 Å². The molecule has 0 aromatic carbocycles. The van der Waals surface area contributed by atoms with Crippen molar-refractivity contribution in [3.05, 3.63) is 36.1 Å². The molecule has 1 heterocycles. The Kier molecular flexibility index (Phi) is 5.98. The van der Waals surface area contributed by atoms with E-state index in [0.717, 1.165) is 0 Å². The topological polar surface area (TPSA) is 24.1 Å². The summed E-state index contributed by atoms with van der Waals surface area (Å²) in [6.07, 6.45) is 5.80. The second-order valence-corrected chi connectivity index (χ2v) is 2.76. The molecule has 0 fully saturated rings. The number of rotatable bonds is 2. The van der Waals surface area contributed by atoms with Crippen LogP contribution in [0, 0.1) is 0 Å². The Labute approximate surface area is 82.9 Å². The highest BCUT2D eigenvalue weighted by atomic mass is 15.4. The van der Waals surface area contributed by atoms with Gasteiger partial charge in [0.15, 0.2) is 0 Å². The van der Waals surface area contributed by atoms with E-state index in [1.165, 1.54) is 11.1 Å². The molecule has 0 aliphatic carbocycles. The fraction of sp³-hybridized carbons (Fsp3) is 0.455. The van der Waals surface area contributed by atoms with Crippen molar-refractivity contribution in [2.24, 2.45) is 0 Å². The minimum atomic E-state index is 0. The Morgan fingerprint density at radius 2 is 2.23 bits per heavy atom. The molecule has 0 saturated carbocycles. The molecule has 0 saturated heterocycles. The van der Waals surface area contributed by atoms with Crippen molar-refractivity contribution in [3.63, 3.8) is 0 Å². The first-order valence-corrected chi connectivity index (χ1v) is 4.72. The average molecular weight is 182 g/mol. The van der Waals surface area contributed by atoms with Crippen molar-refractivity contribution in [1.82, 2.24) is 10.9 Å². The van der Waals surface area contributed by atoms with E-state index in [9.17, 15) is 0 Å². The molecule has 2 N–H and O–H groups in total. The zero-order valence-corrected chi connectivity index (χ0v) is 9.02. The highest BCUT2D eigenvalue weighted by Gasteiger charge is 2.15. The number of hydrogen-bond acceptors (Lipinski definition) is 2. The van der Waals surface area contributed by atoms with E-state index in [4.69, 9.17) is 0 Å². The van der Waals surface area contributed by atoms with E-state index in [1.54, 1.807) is 0 Å². The first-order chi connectivity index (χ1) is 6.25. The van der Waals surface area contributed by atoms with Crippen LogP contribution in [-0.2, 0) is 0 Å². The third-order valence-corrected chi connectivity index (χ3v) is 1.82. The molecule has 1 atom stereocenters. The fourth-order valence-corrected chi connectivity index (χ4v) is 1.19. The SMILES string of the molecule is C=C/C=C(\C)C1NNC=C1C.CC.[HH]. The molecule has 1 unspecified atom stereocenters. The molecule has 0 bridgehead atoms. The Morgan fingerprint density at radius 1 is 1.62 bits per heavy atom. The lowest BCUT2D eigenvalue weighted by atomic mass is 10.0. The molecular formula is C11H22N2. The summed E-state index contributed by atoms with van der Waals surface area (Å²) < 4.78 is 0. The van der Waals surface area contributed by atoms with Gasteiger partial charge in [-0.25, -0.2) is 5.43 Å². The summed E-state index contributed by atoms with van der Waals surface area (Å²) in [5.41, 5.74) is 8.69. The van der Waals surface area contributed by atoms with Gasteiger partial charge in [-0.3, -0.25) is 0 Å². The van der Waals surface area contributed by atoms with E-state index in [-0.39, 0.29) is 1.43 Å². The Morgan fingerprint density at radius 3 is 2.62 bits per heavy atom. The van der Waals surface area contributed by atoms with Crippen molar-refractivity contribution in [1.29, 1.82) is 0 Å². The lowest BCUT2D eigenvalue weighted by Crippen LogP contribution is -2.32. The van der Waals surface area contributed by atoms with Gasteiger partial charge in [0.25, 0.3) is 0 Å². The van der Waals surface area contributed by atoms with Crippen molar-refractivity contribution in [3.8, 4) is 0 Å². The van der Waals surface area contributed by atoms with Crippen molar-refractivity contribution in [2.75, 3.05) is 0 Å². The standard InChI is InChI=1S/C9H14N2.C2H6.H2/c1-4-5-7(2)9-8(3)6-10-11-9;1-2;/h4-6,9-11H,1H2,2-3H3;1-2H3;1H/b7-5+;;. The summed E-state index contributed by atoms with van der Waals surface area (Å²) in [5, 5.41) is 0. The van der Waals surface area contributed by atoms with Crippen LogP contribution >= 0.6 is 0 Å². The smallest absolute Gasteiger partial charge is 0.0694 e. The fourth-order valence-electron chi connectivity index (χ4n) is 1.19. The second kappa shape index (κ2) is 6.49. The zero-order valence-electron chi connectivity index (χ0n) is 9.02. The monoisotopic (exact) mass is 182 g/mol. The van der Waals surface area contributed by atoms with Gasteiger partial charge in [-0.1, -0.05) is 38.2 Å². The molecule has 76 valence electrons. The Hall–Kier alpha value is -1.02. The van der Waals surface area contributed by atoms with E-state index in [2.05, 4.69) is 31.3 Å². The van der Waals surface area contributed by atoms with Gasteiger partial charge in [0.05, 0.1) is 6.04 Å². The van der Waals surface area contributed by atoms with Gasteiger partial charge in [0, 0.05) is 7.63 Å².